The Morgan fingerprint density at radius 1 is 1.11 bits per heavy atom. The van der Waals surface area contributed by atoms with Gasteiger partial charge in [-0.25, -0.2) is 9.59 Å². The van der Waals surface area contributed by atoms with Gasteiger partial charge in [0.15, 0.2) is 0 Å². The molecule has 1 N–H and O–H groups in total. The van der Waals surface area contributed by atoms with E-state index in [0.29, 0.717) is 17.5 Å². The first kappa shape index (κ1) is 18.6. The summed E-state index contributed by atoms with van der Waals surface area (Å²) in [5, 5.41) is 2.90. The Morgan fingerprint density at radius 3 is 2.52 bits per heavy atom. The molecule has 1 aliphatic heterocycles. The quantitative estimate of drug-likeness (QED) is 0.629. The average molecular weight is 366 g/mol. The molecule has 1 atom stereocenters. The van der Waals surface area contributed by atoms with Gasteiger partial charge in [0, 0.05) is 0 Å². The molecular weight excluding hydrogens is 344 g/mol. The van der Waals surface area contributed by atoms with Crippen LogP contribution in [0.2, 0.25) is 0 Å². The lowest BCUT2D eigenvalue weighted by Crippen LogP contribution is -2.43. The lowest BCUT2D eigenvalue weighted by molar-refractivity contribution is -0.132. The van der Waals surface area contributed by atoms with Gasteiger partial charge < -0.3 is 10.1 Å². The highest BCUT2D eigenvalue weighted by atomic mass is 16.5. The average Bonchev–Trinajstić information content (AvgIpc) is 2.93. The molecule has 1 aliphatic rings. The Kier molecular flexibility index (Phi) is 5.26. The van der Waals surface area contributed by atoms with Gasteiger partial charge in [-0.1, -0.05) is 55.8 Å². The molecule has 0 unspecified atom stereocenters. The van der Waals surface area contributed by atoms with Crippen LogP contribution in [0.1, 0.15) is 41.3 Å². The maximum atomic E-state index is 13.3. The van der Waals surface area contributed by atoms with Crippen molar-refractivity contribution in [3.8, 4) is 0 Å². The fraction of sp³-hybridized carbons (Fsp3) is 0.286. The molecule has 6 nitrogen and oxygen atoms in total. The van der Waals surface area contributed by atoms with Gasteiger partial charge in [-0.3, -0.25) is 9.69 Å². The Hall–Kier alpha value is -3.15. The molecule has 0 saturated carbocycles. The number of nitrogens with one attached hydrogen (secondary N) is 1. The summed E-state index contributed by atoms with van der Waals surface area (Å²) in [5.74, 6) is -0.734. The highest BCUT2D eigenvalue weighted by molar-refractivity contribution is 6.07. The standard InChI is InChI=1S/C21H22N2O4/c1-3-12-21(17-10-5-4-6-11-17)19(25)23(20(26)22-21)14-15-8-7-9-16(13-15)18(24)27-2/h4-11,13H,3,12,14H2,1-2H3,(H,22,26)/t21-/m1/s1. The van der Waals surface area contributed by atoms with Gasteiger partial charge in [-0.15, -0.1) is 0 Å². The smallest absolute Gasteiger partial charge is 0.337 e. The number of urea groups is 1. The number of amides is 3. The molecule has 0 bridgehead atoms. The first-order chi connectivity index (χ1) is 13.0. The zero-order valence-corrected chi connectivity index (χ0v) is 15.4. The van der Waals surface area contributed by atoms with E-state index < -0.39 is 17.5 Å². The lowest BCUT2D eigenvalue weighted by Gasteiger charge is -2.27. The minimum Gasteiger partial charge on any atom is -0.465 e. The fourth-order valence-corrected chi connectivity index (χ4v) is 3.47. The lowest BCUT2D eigenvalue weighted by atomic mass is 9.85. The van der Waals surface area contributed by atoms with Crippen LogP contribution in [0, 0.1) is 0 Å². The fourth-order valence-electron chi connectivity index (χ4n) is 3.47. The number of carbonyl (C=O) groups excluding carboxylic acids is 3. The van der Waals surface area contributed by atoms with Crippen LogP contribution in [0.4, 0.5) is 4.79 Å². The molecule has 140 valence electrons. The summed E-state index contributed by atoms with van der Waals surface area (Å²) in [6, 6.07) is 15.6. The summed E-state index contributed by atoms with van der Waals surface area (Å²) < 4.78 is 4.73. The molecule has 1 saturated heterocycles. The maximum Gasteiger partial charge on any atom is 0.337 e. The second-order valence-electron chi connectivity index (χ2n) is 6.53. The zero-order valence-electron chi connectivity index (χ0n) is 15.4. The number of carbonyl (C=O) groups is 3. The van der Waals surface area contributed by atoms with Gasteiger partial charge in [-0.05, 0) is 29.7 Å². The summed E-state index contributed by atoms with van der Waals surface area (Å²) in [7, 11) is 1.31. The number of ether oxygens (including phenoxy) is 1. The number of benzene rings is 2. The number of rotatable bonds is 6. The van der Waals surface area contributed by atoms with Crippen LogP contribution < -0.4 is 5.32 Å². The van der Waals surface area contributed by atoms with Gasteiger partial charge >= 0.3 is 12.0 Å². The molecule has 0 spiro atoms. The number of hydrogen-bond acceptors (Lipinski definition) is 4. The van der Waals surface area contributed by atoms with Crippen molar-refractivity contribution in [1.29, 1.82) is 0 Å². The molecule has 0 radical (unpaired) electrons. The zero-order chi connectivity index (χ0) is 19.4. The summed E-state index contributed by atoms with van der Waals surface area (Å²) in [4.78, 5) is 38.8. The van der Waals surface area contributed by atoms with Crippen molar-refractivity contribution in [2.24, 2.45) is 0 Å². The van der Waals surface area contributed by atoms with Gasteiger partial charge in [0.05, 0.1) is 19.2 Å². The van der Waals surface area contributed by atoms with Crippen LogP contribution in [-0.4, -0.2) is 29.9 Å². The second kappa shape index (κ2) is 7.61. The molecule has 0 aliphatic carbocycles. The van der Waals surface area contributed by atoms with E-state index in [1.807, 2.05) is 37.3 Å². The van der Waals surface area contributed by atoms with Crippen LogP contribution in [-0.2, 0) is 21.6 Å². The van der Waals surface area contributed by atoms with Crippen molar-refractivity contribution >= 4 is 17.9 Å². The van der Waals surface area contributed by atoms with E-state index in [-0.39, 0.29) is 12.5 Å². The van der Waals surface area contributed by atoms with E-state index in [1.54, 1.807) is 24.3 Å². The van der Waals surface area contributed by atoms with Crippen molar-refractivity contribution in [1.82, 2.24) is 10.2 Å². The Morgan fingerprint density at radius 2 is 1.85 bits per heavy atom. The molecule has 27 heavy (non-hydrogen) atoms. The van der Waals surface area contributed by atoms with E-state index in [1.165, 1.54) is 12.0 Å². The van der Waals surface area contributed by atoms with Crippen molar-refractivity contribution < 1.29 is 19.1 Å². The monoisotopic (exact) mass is 366 g/mol. The predicted octanol–water partition coefficient (Wildman–Crippen LogP) is 3.22. The van der Waals surface area contributed by atoms with Gasteiger partial charge in [0.25, 0.3) is 5.91 Å². The minimum absolute atomic E-state index is 0.0911. The van der Waals surface area contributed by atoms with Crippen molar-refractivity contribution in [3.05, 3.63) is 71.3 Å². The summed E-state index contributed by atoms with van der Waals surface area (Å²) in [5.41, 5.74) is 0.787. The van der Waals surface area contributed by atoms with Gasteiger partial charge in [0.2, 0.25) is 0 Å². The minimum atomic E-state index is -1.05. The normalized spacial score (nSPS) is 19.1. The topological polar surface area (TPSA) is 75.7 Å². The first-order valence-corrected chi connectivity index (χ1v) is 8.88. The first-order valence-electron chi connectivity index (χ1n) is 8.88. The third-order valence-corrected chi connectivity index (χ3v) is 4.76. The van der Waals surface area contributed by atoms with E-state index in [4.69, 9.17) is 4.74 Å². The predicted molar refractivity (Wildman–Crippen MR) is 99.9 cm³/mol. The van der Waals surface area contributed by atoms with E-state index in [9.17, 15) is 14.4 Å². The number of imide groups is 1. The Labute approximate surface area is 158 Å². The second-order valence-corrected chi connectivity index (χ2v) is 6.53. The third-order valence-electron chi connectivity index (χ3n) is 4.76. The Bertz CT molecular complexity index is 865. The van der Waals surface area contributed by atoms with Crippen LogP contribution in [0.3, 0.4) is 0 Å². The number of esters is 1. The summed E-state index contributed by atoms with van der Waals surface area (Å²) >= 11 is 0. The molecule has 1 fully saturated rings. The highest BCUT2D eigenvalue weighted by Crippen LogP contribution is 2.34. The number of methoxy groups -OCH3 is 1. The van der Waals surface area contributed by atoms with Crippen molar-refractivity contribution in [2.45, 2.75) is 31.8 Å². The summed E-state index contributed by atoms with van der Waals surface area (Å²) in [6.07, 6.45) is 1.26. The van der Waals surface area contributed by atoms with Crippen LogP contribution in [0.5, 0.6) is 0 Å². The van der Waals surface area contributed by atoms with E-state index >= 15 is 0 Å². The van der Waals surface area contributed by atoms with Gasteiger partial charge in [-0.2, -0.15) is 0 Å². The van der Waals surface area contributed by atoms with Gasteiger partial charge in [0.1, 0.15) is 5.54 Å². The van der Waals surface area contributed by atoms with Crippen molar-refractivity contribution in [2.75, 3.05) is 7.11 Å². The molecule has 1 heterocycles. The van der Waals surface area contributed by atoms with Crippen LogP contribution >= 0.6 is 0 Å². The molecule has 6 heteroatoms. The molecule has 3 amide bonds. The highest BCUT2D eigenvalue weighted by Gasteiger charge is 2.51. The Balaban J connectivity index is 1.91. The molecule has 3 rings (SSSR count). The van der Waals surface area contributed by atoms with E-state index in [0.717, 1.165) is 12.0 Å². The van der Waals surface area contributed by atoms with E-state index in [2.05, 4.69) is 5.32 Å². The SMILES string of the molecule is CCC[C@]1(c2ccccc2)NC(=O)N(Cc2cccc(C(=O)OC)c2)C1=O. The molecule has 2 aromatic carbocycles. The van der Waals surface area contributed by atoms with Crippen LogP contribution in [0.25, 0.3) is 0 Å². The van der Waals surface area contributed by atoms with Crippen molar-refractivity contribution in [3.63, 3.8) is 0 Å². The molecule has 2 aromatic rings. The largest absolute Gasteiger partial charge is 0.465 e. The molecule has 0 aromatic heterocycles. The van der Waals surface area contributed by atoms with Crippen LogP contribution in [0.15, 0.2) is 54.6 Å². The number of nitrogens with zero attached hydrogens (tertiary/aromatic N) is 1. The summed E-state index contributed by atoms with van der Waals surface area (Å²) in [6.45, 7) is 2.07. The molecular formula is C21H22N2O4. The maximum absolute atomic E-state index is 13.3. The number of hydrogen-bond donors (Lipinski definition) is 1. The third kappa shape index (κ3) is 3.43.